The molecule has 142 valence electrons. The average molecular weight is 367 g/mol. The SMILES string of the molecule is Cc1ccc(-c2[nH]nc(NC(=O)c3cn(C)nc3C3CCCCC3)c2C)o1. The van der Waals surface area contributed by atoms with Gasteiger partial charge in [-0.1, -0.05) is 19.3 Å². The smallest absolute Gasteiger partial charge is 0.260 e. The van der Waals surface area contributed by atoms with Crippen LogP contribution in [0.3, 0.4) is 0 Å². The Morgan fingerprint density at radius 3 is 2.74 bits per heavy atom. The number of carbonyl (C=O) groups excluding carboxylic acids is 1. The standard InChI is InChI=1S/C20H25N5O2/c1-12-9-10-16(27-12)17-13(2)19(23-22-17)21-20(26)15-11-25(3)24-18(15)14-7-5-4-6-8-14/h9-11,14H,4-8H2,1-3H3,(H2,21,22,23,26). The van der Waals surface area contributed by atoms with E-state index in [-0.39, 0.29) is 5.91 Å². The van der Waals surface area contributed by atoms with Crippen molar-refractivity contribution in [3.05, 3.63) is 40.9 Å². The maximum atomic E-state index is 13.0. The number of aromatic amines is 1. The molecule has 2 N–H and O–H groups in total. The summed E-state index contributed by atoms with van der Waals surface area (Å²) in [7, 11) is 1.86. The summed E-state index contributed by atoms with van der Waals surface area (Å²) in [5.41, 5.74) is 3.17. The molecule has 1 saturated carbocycles. The summed E-state index contributed by atoms with van der Waals surface area (Å²) in [4.78, 5) is 13.0. The molecule has 1 aliphatic carbocycles. The Labute approximate surface area is 158 Å². The fourth-order valence-electron chi connectivity index (χ4n) is 3.86. The highest BCUT2D eigenvalue weighted by Gasteiger charge is 2.26. The van der Waals surface area contributed by atoms with Gasteiger partial charge in [-0.15, -0.1) is 0 Å². The van der Waals surface area contributed by atoms with Crippen LogP contribution in [-0.2, 0) is 7.05 Å². The number of rotatable bonds is 4. The first kappa shape index (κ1) is 17.6. The first-order chi connectivity index (χ1) is 13.0. The zero-order chi connectivity index (χ0) is 19.0. The van der Waals surface area contributed by atoms with E-state index in [1.165, 1.54) is 19.3 Å². The van der Waals surface area contributed by atoms with Gasteiger partial charge in [0.25, 0.3) is 5.91 Å². The molecule has 1 aliphatic rings. The van der Waals surface area contributed by atoms with Gasteiger partial charge in [0.05, 0.1) is 11.3 Å². The van der Waals surface area contributed by atoms with Crippen molar-refractivity contribution in [2.24, 2.45) is 7.05 Å². The Balaban J connectivity index is 1.57. The quantitative estimate of drug-likeness (QED) is 0.719. The molecule has 7 heteroatoms. The molecule has 0 unspecified atom stereocenters. The third-order valence-electron chi connectivity index (χ3n) is 5.32. The summed E-state index contributed by atoms with van der Waals surface area (Å²) in [5, 5.41) is 14.8. The molecule has 0 saturated heterocycles. The van der Waals surface area contributed by atoms with Crippen molar-refractivity contribution in [2.45, 2.75) is 51.9 Å². The van der Waals surface area contributed by atoms with Crippen LogP contribution in [-0.4, -0.2) is 25.9 Å². The zero-order valence-electron chi connectivity index (χ0n) is 16.0. The predicted molar refractivity (Wildman–Crippen MR) is 103 cm³/mol. The van der Waals surface area contributed by atoms with E-state index < -0.39 is 0 Å². The van der Waals surface area contributed by atoms with Crippen LogP contribution in [0.4, 0.5) is 5.82 Å². The minimum Gasteiger partial charge on any atom is -0.460 e. The van der Waals surface area contributed by atoms with Crippen molar-refractivity contribution >= 4 is 11.7 Å². The lowest BCUT2D eigenvalue weighted by molar-refractivity contribution is 0.102. The number of hydrogen-bond acceptors (Lipinski definition) is 4. The van der Waals surface area contributed by atoms with Crippen molar-refractivity contribution in [3.8, 4) is 11.5 Å². The Bertz CT molecular complexity index is 959. The summed E-state index contributed by atoms with van der Waals surface area (Å²) in [5.74, 6) is 2.25. The fraction of sp³-hybridized carbons (Fsp3) is 0.450. The van der Waals surface area contributed by atoms with Crippen molar-refractivity contribution in [1.82, 2.24) is 20.0 Å². The van der Waals surface area contributed by atoms with Gasteiger partial charge in [-0.3, -0.25) is 14.6 Å². The van der Waals surface area contributed by atoms with Crippen molar-refractivity contribution in [1.29, 1.82) is 0 Å². The molecule has 3 aromatic rings. The molecule has 1 amide bonds. The van der Waals surface area contributed by atoms with E-state index in [4.69, 9.17) is 4.42 Å². The maximum Gasteiger partial charge on any atom is 0.260 e. The third-order valence-corrected chi connectivity index (χ3v) is 5.32. The van der Waals surface area contributed by atoms with Crippen molar-refractivity contribution < 1.29 is 9.21 Å². The predicted octanol–water partition coefficient (Wildman–Crippen LogP) is 4.32. The highest BCUT2D eigenvalue weighted by Crippen LogP contribution is 2.34. The van der Waals surface area contributed by atoms with E-state index in [0.717, 1.165) is 35.6 Å². The average Bonchev–Trinajstić information content (AvgIpc) is 3.35. The highest BCUT2D eigenvalue weighted by atomic mass is 16.3. The molecule has 0 atom stereocenters. The number of carbonyl (C=O) groups is 1. The van der Waals surface area contributed by atoms with Gasteiger partial charge >= 0.3 is 0 Å². The van der Waals surface area contributed by atoms with Crippen LogP contribution in [0, 0.1) is 13.8 Å². The second kappa shape index (κ2) is 7.06. The van der Waals surface area contributed by atoms with Gasteiger partial charge in [-0.25, -0.2) is 0 Å². The van der Waals surface area contributed by atoms with Gasteiger partial charge in [0.1, 0.15) is 11.5 Å². The van der Waals surface area contributed by atoms with Gasteiger partial charge in [0.15, 0.2) is 11.6 Å². The van der Waals surface area contributed by atoms with Gasteiger partial charge in [-0.05, 0) is 38.8 Å². The maximum absolute atomic E-state index is 13.0. The number of amides is 1. The number of nitrogens with one attached hydrogen (secondary N) is 2. The molecule has 0 bridgehead atoms. The van der Waals surface area contributed by atoms with Crippen LogP contribution in [0.25, 0.3) is 11.5 Å². The van der Waals surface area contributed by atoms with Crippen molar-refractivity contribution in [2.75, 3.05) is 5.32 Å². The van der Waals surface area contributed by atoms with E-state index in [1.54, 1.807) is 10.9 Å². The number of anilines is 1. The lowest BCUT2D eigenvalue weighted by Gasteiger charge is -2.20. The van der Waals surface area contributed by atoms with Crippen molar-refractivity contribution in [3.63, 3.8) is 0 Å². The minimum atomic E-state index is -0.166. The monoisotopic (exact) mass is 367 g/mol. The summed E-state index contributed by atoms with van der Waals surface area (Å²) in [6.45, 7) is 3.81. The molecule has 0 aromatic carbocycles. The van der Waals surface area contributed by atoms with E-state index in [9.17, 15) is 4.79 Å². The Hall–Kier alpha value is -2.83. The Morgan fingerprint density at radius 2 is 2.04 bits per heavy atom. The summed E-state index contributed by atoms with van der Waals surface area (Å²) in [6.07, 6.45) is 7.67. The number of aryl methyl sites for hydroxylation is 2. The number of H-pyrrole nitrogens is 1. The second-order valence-corrected chi connectivity index (χ2v) is 7.37. The largest absolute Gasteiger partial charge is 0.460 e. The summed E-state index contributed by atoms with van der Waals surface area (Å²) in [6, 6.07) is 3.80. The topological polar surface area (TPSA) is 88.7 Å². The van der Waals surface area contributed by atoms with Crippen LogP contribution in [0.15, 0.2) is 22.7 Å². The van der Waals surface area contributed by atoms with Gasteiger partial charge in [0.2, 0.25) is 0 Å². The molecule has 3 heterocycles. The van der Waals surface area contributed by atoms with E-state index in [1.807, 2.05) is 33.0 Å². The first-order valence-electron chi connectivity index (χ1n) is 9.49. The number of aromatic nitrogens is 4. The lowest BCUT2D eigenvalue weighted by Crippen LogP contribution is -2.16. The number of furan rings is 1. The van der Waals surface area contributed by atoms with Crippen LogP contribution in [0.2, 0.25) is 0 Å². The zero-order valence-corrected chi connectivity index (χ0v) is 16.0. The molecule has 1 fully saturated rings. The molecule has 7 nitrogen and oxygen atoms in total. The molecule has 0 radical (unpaired) electrons. The van der Waals surface area contributed by atoms with E-state index in [2.05, 4.69) is 20.6 Å². The summed E-state index contributed by atoms with van der Waals surface area (Å²) < 4.78 is 7.39. The second-order valence-electron chi connectivity index (χ2n) is 7.37. The summed E-state index contributed by atoms with van der Waals surface area (Å²) >= 11 is 0. The molecule has 3 aromatic heterocycles. The Kier molecular flexibility index (Phi) is 4.59. The normalized spacial score (nSPS) is 15.2. The molecule has 0 spiro atoms. The molecule has 27 heavy (non-hydrogen) atoms. The van der Waals surface area contributed by atoms with E-state index >= 15 is 0 Å². The molecule has 0 aliphatic heterocycles. The highest BCUT2D eigenvalue weighted by molar-refractivity contribution is 6.05. The van der Waals surface area contributed by atoms with Gasteiger partial charge in [-0.2, -0.15) is 10.2 Å². The molecular weight excluding hydrogens is 342 g/mol. The molecule has 4 rings (SSSR count). The van der Waals surface area contributed by atoms with Crippen LogP contribution < -0.4 is 5.32 Å². The van der Waals surface area contributed by atoms with Gasteiger partial charge < -0.3 is 9.73 Å². The minimum absolute atomic E-state index is 0.166. The number of hydrogen-bond donors (Lipinski definition) is 2. The number of nitrogens with zero attached hydrogens (tertiary/aromatic N) is 3. The Morgan fingerprint density at radius 1 is 1.26 bits per heavy atom. The third kappa shape index (κ3) is 3.41. The van der Waals surface area contributed by atoms with E-state index in [0.29, 0.717) is 23.1 Å². The van der Waals surface area contributed by atoms with Crippen LogP contribution in [0.1, 0.15) is 65.4 Å². The van der Waals surface area contributed by atoms with Crippen LogP contribution in [0.5, 0.6) is 0 Å². The van der Waals surface area contributed by atoms with Crippen LogP contribution >= 0.6 is 0 Å². The fourth-order valence-corrected chi connectivity index (χ4v) is 3.86. The van der Waals surface area contributed by atoms with Gasteiger partial charge in [0, 0.05) is 24.7 Å². The lowest BCUT2D eigenvalue weighted by atomic mass is 9.85. The molecular formula is C20H25N5O2. The first-order valence-corrected chi connectivity index (χ1v) is 9.49.